The van der Waals surface area contributed by atoms with Gasteiger partial charge in [0.15, 0.2) is 0 Å². The third-order valence-electron chi connectivity index (χ3n) is 7.96. The summed E-state index contributed by atoms with van der Waals surface area (Å²) in [5.74, 6) is 2.12. The second kappa shape index (κ2) is 8.76. The number of rotatable bonds is 6. The van der Waals surface area contributed by atoms with Gasteiger partial charge in [0.2, 0.25) is 0 Å². The molecule has 1 N–H and O–H groups in total. The first-order chi connectivity index (χ1) is 15.0. The number of hydrogen-bond acceptors (Lipinski definition) is 3. The summed E-state index contributed by atoms with van der Waals surface area (Å²) >= 11 is 3.44. The van der Waals surface area contributed by atoms with Crippen LogP contribution in [0.25, 0.3) is 0 Å². The fraction of sp³-hybridized carbons (Fsp3) is 0.680. The van der Waals surface area contributed by atoms with Gasteiger partial charge in [-0.1, -0.05) is 28.1 Å². The number of urea groups is 1. The molecule has 31 heavy (non-hydrogen) atoms. The number of likely N-dealkylation sites (tertiary alicyclic amines) is 1. The van der Waals surface area contributed by atoms with Crippen LogP contribution in [0.4, 0.5) is 4.79 Å². The van der Waals surface area contributed by atoms with Crippen molar-refractivity contribution in [1.82, 2.24) is 10.2 Å². The lowest BCUT2D eigenvalue weighted by molar-refractivity contribution is -0.148. The van der Waals surface area contributed by atoms with Gasteiger partial charge < -0.3 is 15.0 Å². The summed E-state index contributed by atoms with van der Waals surface area (Å²) < 4.78 is 6.64. The molecule has 1 aliphatic heterocycles. The van der Waals surface area contributed by atoms with Gasteiger partial charge >= 0.3 is 12.0 Å². The highest BCUT2D eigenvalue weighted by Crippen LogP contribution is 2.55. The van der Waals surface area contributed by atoms with Crippen molar-refractivity contribution in [1.29, 1.82) is 0 Å². The van der Waals surface area contributed by atoms with Crippen LogP contribution in [0.3, 0.4) is 0 Å². The number of nitrogens with zero attached hydrogens (tertiary/aromatic N) is 1. The number of aryl methyl sites for hydroxylation is 1. The highest BCUT2D eigenvalue weighted by Gasteiger charge is 2.52. The van der Waals surface area contributed by atoms with E-state index >= 15 is 0 Å². The number of ether oxygens (including phenoxy) is 1. The standard InChI is InChI=1S/C25H33BrN2O3/c26-21-7-5-17(6-8-21)3-2-10-31-23(29)22-4-1-9-28(22)24(30)27-25-14-18-11-19(15-25)13-20(12-18)16-25/h5-8,18-20,22H,1-4,9-16H2,(H,27,30)/t18?,19?,20?,22-,25?/m0/s1. The van der Waals surface area contributed by atoms with Gasteiger partial charge in [-0.15, -0.1) is 0 Å². The van der Waals surface area contributed by atoms with Gasteiger partial charge in [-0.3, -0.25) is 0 Å². The van der Waals surface area contributed by atoms with Crippen molar-refractivity contribution >= 4 is 27.9 Å². The second-order valence-corrected chi connectivity index (χ2v) is 11.3. The van der Waals surface area contributed by atoms with Crippen LogP contribution in [-0.2, 0) is 16.0 Å². The minimum Gasteiger partial charge on any atom is -0.464 e. The summed E-state index contributed by atoms with van der Waals surface area (Å²) in [4.78, 5) is 27.7. The Hall–Kier alpha value is -1.56. The summed E-state index contributed by atoms with van der Waals surface area (Å²) in [5, 5.41) is 3.42. The van der Waals surface area contributed by atoms with Crippen molar-refractivity contribution in [2.45, 2.75) is 75.8 Å². The van der Waals surface area contributed by atoms with Crippen LogP contribution in [0, 0.1) is 17.8 Å². The molecule has 0 radical (unpaired) electrons. The maximum atomic E-state index is 13.2. The molecular weight excluding hydrogens is 456 g/mol. The molecule has 5 fully saturated rings. The first-order valence-electron chi connectivity index (χ1n) is 12.0. The first-order valence-corrected chi connectivity index (χ1v) is 12.8. The molecule has 1 aromatic rings. The number of amides is 2. The Balaban J connectivity index is 1.12. The van der Waals surface area contributed by atoms with Crippen molar-refractivity contribution in [3.8, 4) is 0 Å². The van der Waals surface area contributed by atoms with E-state index in [1.54, 1.807) is 4.90 Å². The Morgan fingerprint density at radius 3 is 2.35 bits per heavy atom. The Labute approximate surface area is 193 Å². The minimum absolute atomic E-state index is 0.0203. The maximum absolute atomic E-state index is 13.2. The van der Waals surface area contributed by atoms with E-state index in [9.17, 15) is 9.59 Å². The SMILES string of the molecule is O=C(OCCCc1ccc(Br)cc1)[C@@H]1CCCN1C(=O)NC12CC3CC(CC(C3)C1)C2. The minimum atomic E-state index is -0.429. The lowest BCUT2D eigenvalue weighted by Crippen LogP contribution is -2.62. The zero-order valence-corrected chi connectivity index (χ0v) is 19.7. The molecule has 2 amide bonds. The van der Waals surface area contributed by atoms with E-state index in [0.717, 1.165) is 60.8 Å². The molecule has 6 rings (SSSR count). The number of carbonyl (C=O) groups excluding carboxylic acids is 2. The fourth-order valence-electron chi connectivity index (χ4n) is 7.01. The highest BCUT2D eigenvalue weighted by atomic mass is 79.9. The maximum Gasteiger partial charge on any atom is 0.328 e. The quantitative estimate of drug-likeness (QED) is 0.449. The molecule has 6 heteroatoms. The Kier molecular flexibility index (Phi) is 6.02. The van der Waals surface area contributed by atoms with Crippen LogP contribution in [-0.4, -0.2) is 41.6 Å². The van der Waals surface area contributed by atoms with E-state index in [0.29, 0.717) is 19.6 Å². The summed E-state index contributed by atoms with van der Waals surface area (Å²) in [5.41, 5.74) is 1.21. The molecule has 1 heterocycles. The predicted octanol–water partition coefficient (Wildman–Crippen LogP) is 5.07. The Morgan fingerprint density at radius 1 is 1.06 bits per heavy atom. The molecule has 5 aliphatic rings. The van der Waals surface area contributed by atoms with Crippen molar-refractivity contribution < 1.29 is 14.3 Å². The molecule has 1 atom stereocenters. The van der Waals surface area contributed by atoms with E-state index in [1.165, 1.54) is 24.8 Å². The molecule has 5 nitrogen and oxygen atoms in total. The van der Waals surface area contributed by atoms with Crippen LogP contribution in [0.15, 0.2) is 28.7 Å². The fourth-order valence-corrected chi connectivity index (χ4v) is 7.28. The third-order valence-corrected chi connectivity index (χ3v) is 8.49. The van der Waals surface area contributed by atoms with E-state index < -0.39 is 6.04 Å². The largest absolute Gasteiger partial charge is 0.464 e. The summed E-state index contributed by atoms with van der Waals surface area (Å²) in [6.07, 6.45) is 10.7. The Morgan fingerprint density at radius 2 is 1.71 bits per heavy atom. The van der Waals surface area contributed by atoms with Crippen LogP contribution in [0.1, 0.15) is 63.4 Å². The van der Waals surface area contributed by atoms with Crippen molar-refractivity contribution in [2.24, 2.45) is 17.8 Å². The molecule has 168 valence electrons. The molecule has 0 spiro atoms. The topological polar surface area (TPSA) is 58.6 Å². The molecule has 0 unspecified atom stereocenters. The average Bonchev–Trinajstić information content (AvgIpc) is 3.21. The zero-order valence-electron chi connectivity index (χ0n) is 18.2. The van der Waals surface area contributed by atoms with Crippen LogP contribution < -0.4 is 5.32 Å². The van der Waals surface area contributed by atoms with Gasteiger partial charge in [0.1, 0.15) is 6.04 Å². The average molecular weight is 489 g/mol. The summed E-state index contributed by atoms with van der Waals surface area (Å²) in [6.45, 7) is 1.05. The van der Waals surface area contributed by atoms with Gasteiger partial charge in [-0.25, -0.2) is 9.59 Å². The monoisotopic (exact) mass is 488 g/mol. The van der Waals surface area contributed by atoms with Gasteiger partial charge in [-0.05, 0) is 99.7 Å². The second-order valence-electron chi connectivity index (χ2n) is 10.4. The van der Waals surface area contributed by atoms with E-state index in [-0.39, 0.29) is 17.5 Å². The molecule has 1 aromatic carbocycles. The molecule has 4 aliphatic carbocycles. The lowest BCUT2D eigenvalue weighted by atomic mass is 9.53. The van der Waals surface area contributed by atoms with Crippen molar-refractivity contribution in [3.63, 3.8) is 0 Å². The van der Waals surface area contributed by atoms with Gasteiger partial charge in [0, 0.05) is 16.6 Å². The highest BCUT2D eigenvalue weighted by molar-refractivity contribution is 9.10. The first kappa shape index (κ1) is 21.3. The summed E-state index contributed by atoms with van der Waals surface area (Å²) in [6, 6.07) is 7.75. The normalized spacial score (nSPS) is 33.5. The van der Waals surface area contributed by atoms with Crippen molar-refractivity contribution in [2.75, 3.05) is 13.2 Å². The Bertz CT molecular complexity index is 789. The molecular formula is C25H33BrN2O3. The van der Waals surface area contributed by atoms with Crippen LogP contribution in [0.5, 0.6) is 0 Å². The van der Waals surface area contributed by atoms with Crippen molar-refractivity contribution in [3.05, 3.63) is 34.3 Å². The van der Waals surface area contributed by atoms with Crippen LogP contribution >= 0.6 is 15.9 Å². The zero-order chi connectivity index (χ0) is 21.4. The number of benzene rings is 1. The van der Waals surface area contributed by atoms with Gasteiger partial charge in [0.25, 0.3) is 0 Å². The predicted molar refractivity (Wildman–Crippen MR) is 123 cm³/mol. The molecule has 4 saturated carbocycles. The number of nitrogens with one attached hydrogen (secondary N) is 1. The van der Waals surface area contributed by atoms with E-state index in [2.05, 4.69) is 33.4 Å². The van der Waals surface area contributed by atoms with E-state index in [4.69, 9.17) is 4.74 Å². The number of carbonyl (C=O) groups is 2. The number of esters is 1. The van der Waals surface area contributed by atoms with Gasteiger partial charge in [-0.2, -0.15) is 0 Å². The van der Waals surface area contributed by atoms with E-state index in [1.807, 2.05) is 12.1 Å². The van der Waals surface area contributed by atoms with Gasteiger partial charge in [0.05, 0.1) is 6.61 Å². The molecule has 0 aromatic heterocycles. The third kappa shape index (κ3) is 4.64. The summed E-state index contributed by atoms with van der Waals surface area (Å²) in [7, 11) is 0. The molecule has 4 bridgehead atoms. The smallest absolute Gasteiger partial charge is 0.328 e. The molecule has 1 saturated heterocycles. The number of halogens is 1. The van der Waals surface area contributed by atoms with Crippen LogP contribution in [0.2, 0.25) is 0 Å². The lowest BCUT2D eigenvalue weighted by Gasteiger charge is -2.57. The number of hydrogen-bond donors (Lipinski definition) is 1.